The fourth-order valence-corrected chi connectivity index (χ4v) is 2.27. The number of rotatable bonds is 6. The molecule has 0 heterocycles. The molecule has 1 rings (SSSR count). The molecule has 0 radical (unpaired) electrons. The van der Waals surface area contributed by atoms with Crippen molar-refractivity contribution in [3.63, 3.8) is 0 Å². The highest BCUT2D eigenvalue weighted by Gasteiger charge is 2.37. The molecule has 0 aromatic heterocycles. The Morgan fingerprint density at radius 2 is 1.90 bits per heavy atom. The number of carbonyl (C=O) groups is 2. The lowest BCUT2D eigenvalue weighted by atomic mass is 9.73. The lowest BCUT2D eigenvalue weighted by Crippen LogP contribution is -2.34. The zero-order chi connectivity index (χ0) is 14.5. The van der Waals surface area contributed by atoms with Gasteiger partial charge in [-0.25, -0.2) is 0 Å². The van der Waals surface area contributed by atoms with Crippen molar-refractivity contribution in [2.75, 3.05) is 6.61 Å². The smallest absolute Gasteiger partial charge is 0.168 e. The molecule has 0 atom stereocenters. The van der Waals surface area contributed by atoms with Crippen molar-refractivity contribution in [3.8, 4) is 0 Å². The standard InChI is InChI=1S/C15H23NO3.H2O/c1-5-7-11(16-19-8-6-2)14-12(17)9-15(3,4)10-13(14)18;/h6,16H,2,5,7-10H2,1,3-4H3;1H2. The van der Waals surface area contributed by atoms with Gasteiger partial charge in [0.05, 0.1) is 17.9 Å². The van der Waals surface area contributed by atoms with E-state index in [1.165, 1.54) is 0 Å². The van der Waals surface area contributed by atoms with E-state index in [4.69, 9.17) is 4.84 Å². The van der Waals surface area contributed by atoms with Crippen LogP contribution in [-0.2, 0) is 14.4 Å². The second-order valence-electron chi connectivity index (χ2n) is 5.67. The Bertz CT molecular complexity index is 388. The molecule has 5 nitrogen and oxygen atoms in total. The predicted molar refractivity (Wildman–Crippen MR) is 77.9 cm³/mol. The van der Waals surface area contributed by atoms with Crippen LogP contribution in [0.3, 0.4) is 0 Å². The van der Waals surface area contributed by atoms with Crippen LogP contribution in [-0.4, -0.2) is 23.6 Å². The van der Waals surface area contributed by atoms with Crippen molar-refractivity contribution in [2.24, 2.45) is 5.41 Å². The topological polar surface area (TPSA) is 86.9 Å². The maximum absolute atomic E-state index is 12.2. The first kappa shape index (κ1) is 18.5. The van der Waals surface area contributed by atoms with Gasteiger partial charge in [0.1, 0.15) is 0 Å². The molecule has 1 saturated carbocycles. The van der Waals surface area contributed by atoms with Crippen LogP contribution in [0.4, 0.5) is 0 Å². The van der Waals surface area contributed by atoms with Gasteiger partial charge in [-0.2, -0.15) is 0 Å². The predicted octanol–water partition coefficient (Wildman–Crippen LogP) is 1.88. The Morgan fingerprint density at radius 1 is 1.35 bits per heavy atom. The van der Waals surface area contributed by atoms with Gasteiger partial charge < -0.3 is 5.48 Å². The molecular formula is C15H25NO4. The van der Waals surface area contributed by atoms with E-state index in [2.05, 4.69) is 12.1 Å². The van der Waals surface area contributed by atoms with E-state index in [1.54, 1.807) is 6.08 Å². The number of carbonyl (C=O) groups excluding carboxylic acids is 2. The quantitative estimate of drug-likeness (QED) is 0.265. The van der Waals surface area contributed by atoms with Gasteiger partial charge in [-0.1, -0.05) is 33.3 Å². The van der Waals surface area contributed by atoms with Gasteiger partial charge in [0.2, 0.25) is 0 Å². The molecule has 0 aliphatic heterocycles. The molecule has 1 fully saturated rings. The molecule has 5 heteroatoms. The minimum Gasteiger partial charge on any atom is -0.412 e. The van der Waals surface area contributed by atoms with E-state index in [0.29, 0.717) is 37.1 Å². The molecule has 0 aromatic rings. The summed E-state index contributed by atoms with van der Waals surface area (Å²) in [6.45, 7) is 9.77. The molecule has 0 spiro atoms. The summed E-state index contributed by atoms with van der Waals surface area (Å²) in [4.78, 5) is 29.5. The maximum atomic E-state index is 12.2. The summed E-state index contributed by atoms with van der Waals surface area (Å²) in [5.41, 5.74) is 3.41. The number of ketones is 2. The molecule has 1 aliphatic rings. The summed E-state index contributed by atoms with van der Waals surface area (Å²) in [6.07, 6.45) is 3.89. The van der Waals surface area contributed by atoms with E-state index >= 15 is 0 Å². The summed E-state index contributed by atoms with van der Waals surface area (Å²) in [7, 11) is 0. The van der Waals surface area contributed by atoms with Crippen molar-refractivity contribution in [1.82, 2.24) is 5.48 Å². The van der Waals surface area contributed by atoms with Crippen LogP contribution in [0, 0.1) is 5.41 Å². The Morgan fingerprint density at radius 3 is 2.35 bits per heavy atom. The number of hydrogen-bond acceptors (Lipinski definition) is 4. The summed E-state index contributed by atoms with van der Waals surface area (Å²) < 4.78 is 0. The summed E-state index contributed by atoms with van der Waals surface area (Å²) in [6, 6.07) is 0. The van der Waals surface area contributed by atoms with Crippen LogP contribution in [0.15, 0.2) is 23.9 Å². The van der Waals surface area contributed by atoms with Crippen LogP contribution in [0.5, 0.6) is 0 Å². The first-order valence-electron chi connectivity index (χ1n) is 6.69. The SMILES string of the molecule is C=CCONC(CCC)=C1C(=O)CC(C)(C)CC1=O.O. The normalized spacial score (nSPS) is 17.4. The lowest BCUT2D eigenvalue weighted by Gasteiger charge is -2.29. The monoisotopic (exact) mass is 283 g/mol. The molecule has 1 aliphatic carbocycles. The lowest BCUT2D eigenvalue weighted by molar-refractivity contribution is -0.127. The average Bonchev–Trinajstić information content (AvgIpc) is 2.26. The van der Waals surface area contributed by atoms with Crippen LogP contribution in [0.2, 0.25) is 0 Å². The van der Waals surface area contributed by atoms with Gasteiger partial charge in [-0.3, -0.25) is 19.9 Å². The fourth-order valence-electron chi connectivity index (χ4n) is 2.27. The average molecular weight is 283 g/mol. The Balaban J connectivity index is 0.00000361. The van der Waals surface area contributed by atoms with Crippen LogP contribution in [0.25, 0.3) is 0 Å². The molecule has 3 N–H and O–H groups in total. The first-order chi connectivity index (χ1) is 8.91. The fraction of sp³-hybridized carbons (Fsp3) is 0.600. The van der Waals surface area contributed by atoms with Gasteiger partial charge in [0, 0.05) is 12.8 Å². The summed E-state index contributed by atoms with van der Waals surface area (Å²) >= 11 is 0. The molecular weight excluding hydrogens is 258 g/mol. The van der Waals surface area contributed by atoms with E-state index in [-0.39, 0.29) is 22.5 Å². The van der Waals surface area contributed by atoms with Crippen LogP contribution in [0.1, 0.15) is 46.5 Å². The summed E-state index contributed by atoms with van der Waals surface area (Å²) in [5, 5.41) is 0. The van der Waals surface area contributed by atoms with Gasteiger partial charge in [-0.15, -0.1) is 6.58 Å². The summed E-state index contributed by atoms with van der Waals surface area (Å²) in [5.74, 6) is -0.168. The zero-order valence-corrected chi connectivity index (χ0v) is 12.5. The van der Waals surface area contributed by atoms with Crippen molar-refractivity contribution in [2.45, 2.75) is 46.5 Å². The second kappa shape index (κ2) is 7.97. The first-order valence-corrected chi connectivity index (χ1v) is 6.69. The Labute approximate surface area is 120 Å². The number of nitrogens with one attached hydrogen (secondary N) is 1. The van der Waals surface area contributed by atoms with Gasteiger partial charge in [0.15, 0.2) is 11.6 Å². The molecule has 0 aromatic carbocycles. The van der Waals surface area contributed by atoms with Gasteiger partial charge >= 0.3 is 0 Å². The van der Waals surface area contributed by atoms with Crippen molar-refractivity contribution in [1.29, 1.82) is 0 Å². The highest BCUT2D eigenvalue weighted by atomic mass is 16.6. The Kier molecular flexibility index (Phi) is 7.39. The molecule has 0 bridgehead atoms. The van der Waals surface area contributed by atoms with Crippen molar-refractivity contribution >= 4 is 11.6 Å². The third-order valence-electron chi connectivity index (χ3n) is 3.03. The minimum atomic E-state index is -0.239. The molecule has 0 unspecified atom stereocenters. The number of hydroxylamine groups is 1. The van der Waals surface area contributed by atoms with E-state index in [0.717, 1.165) is 6.42 Å². The van der Waals surface area contributed by atoms with Crippen molar-refractivity contribution in [3.05, 3.63) is 23.9 Å². The number of allylic oxidation sites excluding steroid dienone is 2. The maximum Gasteiger partial charge on any atom is 0.168 e. The van der Waals surface area contributed by atoms with Gasteiger partial charge in [-0.05, 0) is 11.8 Å². The third kappa shape index (κ3) is 4.90. The molecule has 20 heavy (non-hydrogen) atoms. The zero-order valence-electron chi connectivity index (χ0n) is 12.5. The minimum absolute atomic E-state index is 0. The third-order valence-corrected chi connectivity index (χ3v) is 3.03. The largest absolute Gasteiger partial charge is 0.412 e. The van der Waals surface area contributed by atoms with Crippen molar-refractivity contribution < 1.29 is 19.9 Å². The Hall–Kier alpha value is -1.46. The highest BCUT2D eigenvalue weighted by Crippen LogP contribution is 2.34. The molecule has 114 valence electrons. The van der Waals surface area contributed by atoms with E-state index in [9.17, 15) is 9.59 Å². The number of hydrogen-bond donors (Lipinski definition) is 1. The molecule has 0 saturated heterocycles. The molecule has 0 amide bonds. The van der Waals surface area contributed by atoms with Gasteiger partial charge in [0.25, 0.3) is 0 Å². The van der Waals surface area contributed by atoms with E-state index in [1.807, 2.05) is 20.8 Å². The second-order valence-corrected chi connectivity index (χ2v) is 5.67. The van der Waals surface area contributed by atoms with Crippen LogP contribution < -0.4 is 5.48 Å². The highest BCUT2D eigenvalue weighted by molar-refractivity contribution is 6.22. The van der Waals surface area contributed by atoms with E-state index < -0.39 is 0 Å². The van der Waals surface area contributed by atoms with Crippen LogP contribution >= 0.6 is 0 Å². The number of Topliss-reactive ketones (excluding diaryl/α,β-unsaturated/α-hetero) is 2.